The van der Waals surface area contributed by atoms with Gasteiger partial charge in [-0.05, 0) is 18.6 Å². The fourth-order valence-electron chi connectivity index (χ4n) is 2.67. The zero-order valence-electron chi connectivity index (χ0n) is 10.7. The summed E-state index contributed by atoms with van der Waals surface area (Å²) >= 11 is 1.10. The molecule has 2 heterocycles. The van der Waals surface area contributed by atoms with Crippen LogP contribution in [0.25, 0.3) is 10.1 Å². The molecular weight excluding hydrogens is 281 g/mol. The first kappa shape index (κ1) is 13.5. The number of carbonyl (C=O) groups is 1. The number of aliphatic hydroxyl groups is 1. The molecule has 0 radical (unpaired) electrons. The van der Waals surface area contributed by atoms with Crippen LogP contribution in [0.4, 0.5) is 4.39 Å². The molecule has 0 bridgehead atoms. The minimum Gasteiger partial charge on any atom is -0.477 e. The molecule has 2 aromatic rings. The molecule has 1 aromatic carbocycles. The van der Waals surface area contributed by atoms with Crippen molar-refractivity contribution in [3.63, 3.8) is 0 Å². The van der Waals surface area contributed by atoms with E-state index in [1.807, 2.05) is 4.90 Å². The van der Waals surface area contributed by atoms with Crippen molar-refractivity contribution in [2.24, 2.45) is 0 Å². The highest BCUT2D eigenvalue weighted by molar-refractivity contribution is 7.21. The van der Waals surface area contributed by atoms with E-state index in [1.165, 1.54) is 6.07 Å². The molecule has 0 saturated carbocycles. The lowest BCUT2D eigenvalue weighted by Gasteiger charge is -2.15. The third-order valence-electron chi connectivity index (χ3n) is 3.59. The first-order valence-corrected chi connectivity index (χ1v) is 7.21. The van der Waals surface area contributed by atoms with Crippen molar-refractivity contribution < 1.29 is 19.4 Å². The number of nitrogens with zero attached hydrogens (tertiary/aromatic N) is 1. The Morgan fingerprint density at radius 3 is 2.95 bits per heavy atom. The summed E-state index contributed by atoms with van der Waals surface area (Å²) in [5, 5.41) is 19.2. The minimum absolute atomic E-state index is 0.187. The zero-order valence-corrected chi connectivity index (χ0v) is 11.5. The van der Waals surface area contributed by atoms with Crippen LogP contribution in [0.2, 0.25) is 0 Å². The third kappa shape index (κ3) is 2.30. The van der Waals surface area contributed by atoms with Crippen LogP contribution < -0.4 is 0 Å². The van der Waals surface area contributed by atoms with Crippen molar-refractivity contribution in [2.75, 3.05) is 13.1 Å². The quantitative estimate of drug-likeness (QED) is 0.912. The van der Waals surface area contributed by atoms with E-state index in [9.17, 15) is 19.4 Å². The Morgan fingerprint density at radius 1 is 1.50 bits per heavy atom. The van der Waals surface area contributed by atoms with Gasteiger partial charge in [-0.2, -0.15) is 0 Å². The number of carboxylic acid groups (broad SMARTS) is 1. The van der Waals surface area contributed by atoms with Crippen molar-refractivity contribution >= 4 is 27.4 Å². The molecular formula is C14H14FNO3S. The molecule has 1 aromatic heterocycles. The number of carboxylic acids is 1. The van der Waals surface area contributed by atoms with Crippen molar-refractivity contribution in [3.8, 4) is 0 Å². The Labute approximate surface area is 119 Å². The van der Waals surface area contributed by atoms with Crippen LogP contribution in [0.1, 0.15) is 21.7 Å². The van der Waals surface area contributed by atoms with Crippen LogP contribution in [0.15, 0.2) is 18.2 Å². The van der Waals surface area contributed by atoms with E-state index >= 15 is 0 Å². The van der Waals surface area contributed by atoms with Gasteiger partial charge in [0.05, 0.1) is 6.10 Å². The molecule has 1 saturated heterocycles. The summed E-state index contributed by atoms with van der Waals surface area (Å²) in [7, 11) is 0. The highest BCUT2D eigenvalue weighted by Crippen LogP contribution is 2.34. The van der Waals surface area contributed by atoms with Gasteiger partial charge in [0.15, 0.2) is 0 Å². The molecule has 0 aliphatic carbocycles. The molecule has 4 nitrogen and oxygen atoms in total. The number of benzene rings is 1. The smallest absolute Gasteiger partial charge is 0.346 e. The fourth-order valence-corrected chi connectivity index (χ4v) is 3.74. The number of aromatic carboxylic acids is 1. The molecule has 6 heteroatoms. The molecule has 0 amide bonds. The number of hydrogen-bond donors (Lipinski definition) is 2. The number of halogens is 1. The first-order chi connectivity index (χ1) is 9.56. The van der Waals surface area contributed by atoms with Crippen LogP contribution in [-0.2, 0) is 6.54 Å². The van der Waals surface area contributed by atoms with Crippen LogP contribution in [0, 0.1) is 5.82 Å². The lowest BCUT2D eigenvalue weighted by atomic mass is 10.1. The SMILES string of the molecule is O=C(O)c1sc2cccc(F)c2c1CN1CCC(O)C1. The summed E-state index contributed by atoms with van der Waals surface area (Å²) < 4.78 is 14.7. The lowest BCUT2D eigenvalue weighted by Crippen LogP contribution is -2.22. The molecule has 106 valence electrons. The Hall–Kier alpha value is -1.50. The van der Waals surface area contributed by atoms with Crippen molar-refractivity contribution in [1.82, 2.24) is 4.90 Å². The molecule has 3 rings (SSSR count). The predicted molar refractivity (Wildman–Crippen MR) is 74.6 cm³/mol. The van der Waals surface area contributed by atoms with Crippen molar-refractivity contribution in [2.45, 2.75) is 19.1 Å². The Balaban J connectivity index is 2.06. The molecule has 20 heavy (non-hydrogen) atoms. The van der Waals surface area contributed by atoms with Gasteiger partial charge in [0, 0.05) is 35.3 Å². The maximum atomic E-state index is 14.0. The van der Waals surface area contributed by atoms with Crippen LogP contribution in [0.5, 0.6) is 0 Å². The fraction of sp³-hybridized carbons (Fsp3) is 0.357. The summed E-state index contributed by atoms with van der Waals surface area (Å²) in [6, 6.07) is 4.67. The lowest BCUT2D eigenvalue weighted by molar-refractivity contribution is 0.0700. The van der Waals surface area contributed by atoms with E-state index < -0.39 is 5.97 Å². The molecule has 0 spiro atoms. The van der Waals surface area contributed by atoms with E-state index in [1.54, 1.807) is 12.1 Å². The van der Waals surface area contributed by atoms with Gasteiger partial charge in [0.25, 0.3) is 0 Å². The second-order valence-corrected chi connectivity index (χ2v) is 6.06. The van der Waals surface area contributed by atoms with E-state index in [-0.39, 0.29) is 16.8 Å². The van der Waals surface area contributed by atoms with E-state index in [2.05, 4.69) is 0 Å². The summed E-state index contributed by atoms with van der Waals surface area (Å²) in [6.07, 6.45) is 0.297. The van der Waals surface area contributed by atoms with Crippen LogP contribution >= 0.6 is 11.3 Å². The number of aliphatic hydroxyl groups excluding tert-OH is 1. The van der Waals surface area contributed by atoms with Gasteiger partial charge in [0.2, 0.25) is 0 Å². The van der Waals surface area contributed by atoms with E-state index in [0.29, 0.717) is 41.7 Å². The van der Waals surface area contributed by atoms with Gasteiger partial charge >= 0.3 is 5.97 Å². The topological polar surface area (TPSA) is 60.8 Å². The average Bonchev–Trinajstić information content (AvgIpc) is 2.95. The minimum atomic E-state index is -1.03. The van der Waals surface area contributed by atoms with E-state index in [0.717, 1.165) is 11.3 Å². The van der Waals surface area contributed by atoms with Gasteiger partial charge < -0.3 is 10.2 Å². The zero-order chi connectivity index (χ0) is 14.3. The maximum absolute atomic E-state index is 14.0. The van der Waals surface area contributed by atoms with E-state index in [4.69, 9.17) is 0 Å². The number of rotatable bonds is 3. The highest BCUT2D eigenvalue weighted by Gasteiger charge is 2.25. The van der Waals surface area contributed by atoms with Gasteiger partial charge in [-0.1, -0.05) is 6.07 Å². The van der Waals surface area contributed by atoms with Crippen LogP contribution in [0.3, 0.4) is 0 Å². The molecule has 1 aliphatic heterocycles. The monoisotopic (exact) mass is 295 g/mol. The summed E-state index contributed by atoms with van der Waals surface area (Å²) in [5.41, 5.74) is 0.518. The molecule has 1 atom stereocenters. The van der Waals surface area contributed by atoms with Gasteiger partial charge in [-0.15, -0.1) is 11.3 Å². The summed E-state index contributed by atoms with van der Waals surface area (Å²) in [5.74, 6) is -1.42. The second-order valence-electron chi connectivity index (χ2n) is 5.01. The van der Waals surface area contributed by atoms with Crippen molar-refractivity contribution in [3.05, 3.63) is 34.5 Å². The Bertz CT molecular complexity index is 670. The molecule has 1 fully saturated rings. The number of hydrogen-bond acceptors (Lipinski definition) is 4. The predicted octanol–water partition coefficient (Wildman–Crippen LogP) is 2.31. The first-order valence-electron chi connectivity index (χ1n) is 6.40. The number of thiophene rings is 1. The number of fused-ring (bicyclic) bond motifs is 1. The van der Waals surface area contributed by atoms with Gasteiger partial charge in [-0.25, -0.2) is 9.18 Å². The largest absolute Gasteiger partial charge is 0.477 e. The third-order valence-corrected chi connectivity index (χ3v) is 4.77. The summed E-state index contributed by atoms with van der Waals surface area (Å²) in [4.78, 5) is 13.5. The molecule has 2 N–H and O–H groups in total. The highest BCUT2D eigenvalue weighted by atomic mass is 32.1. The number of likely N-dealkylation sites (tertiary alicyclic amines) is 1. The Kier molecular flexibility index (Phi) is 3.45. The summed E-state index contributed by atoms with van der Waals surface area (Å²) in [6.45, 7) is 1.57. The standard InChI is InChI=1S/C14H14FNO3S/c15-10-2-1-3-11-12(10)9(13(20-11)14(18)19)7-16-5-4-8(17)6-16/h1-3,8,17H,4-7H2,(H,18,19). The molecule has 1 aliphatic rings. The second kappa shape index (κ2) is 5.12. The average molecular weight is 295 g/mol. The Morgan fingerprint density at radius 2 is 2.30 bits per heavy atom. The number of β-amino-alcohol motifs (C(OH)–C–C–N with tert-alkyl or cyclic N) is 1. The van der Waals surface area contributed by atoms with Crippen molar-refractivity contribution in [1.29, 1.82) is 0 Å². The van der Waals surface area contributed by atoms with Gasteiger partial charge in [0.1, 0.15) is 10.7 Å². The maximum Gasteiger partial charge on any atom is 0.346 e. The molecule has 1 unspecified atom stereocenters. The van der Waals surface area contributed by atoms with Crippen LogP contribution in [-0.4, -0.2) is 40.3 Å². The normalized spacial score (nSPS) is 19.8. The van der Waals surface area contributed by atoms with Gasteiger partial charge in [-0.3, -0.25) is 4.90 Å².